The van der Waals surface area contributed by atoms with E-state index in [0.717, 1.165) is 30.3 Å². The molecule has 0 aliphatic heterocycles. The van der Waals surface area contributed by atoms with E-state index in [4.69, 9.17) is 12.2 Å². The summed E-state index contributed by atoms with van der Waals surface area (Å²) in [6, 6.07) is 21.3. The molecule has 0 saturated carbocycles. The summed E-state index contributed by atoms with van der Waals surface area (Å²) in [5.74, 6) is 0. The van der Waals surface area contributed by atoms with E-state index in [9.17, 15) is 0 Å². The fraction of sp³-hybridized carbons (Fsp3) is 0.280. The van der Waals surface area contributed by atoms with Gasteiger partial charge in [0.1, 0.15) is 0 Å². The van der Waals surface area contributed by atoms with Gasteiger partial charge in [-0.1, -0.05) is 55.3 Å². The zero-order valence-electron chi connectivity index (χ0n) is 17.3. The molecule has 0 spiro atoms. The van der Waals surface area contributed by atoms with Gasteiger partial charge in [-0.05, 0) is 72.9 Å². The summed E-state index contributed by atoms with van der Waals surface area (Å²) in [5, 5.41) is 4.14. The third-order valence-electron chi connectivity index (χ3n) is 4.93. The Hall–Kier alpha value is -2.72. The Kier molecular flexibility index (Phi) is 7.77. The molecule has 0 radical (unpaired) electrons. The summed E-state index contributed by atoms with van der Waals surface area (Å²) >= 11 is 5.78. The molecule has 2 aromatic carbocycles. The molecule has 1 aromatic heterocycles. The third-order valence-corrected chi connectivity index (χ3v) is 5.29. The molecule has 29 heavy (non-hydrogen) atoms. The van der Waals surface area contributed by atoms with Gasteiger partial charge in [0, 0.05) is 31.2 Å². The molecule has 0 aliphatic carbocycles. The van der Waals surface area contributed by atoms with Crippen molar-refractivity contribution < 1.29 is 0 Å². The molecule has 3 rings (SSSR count). The molecule has 3 aromatic rings. The number of rotatable bonds is 8. The molecule has 1 heterocycles. The van der Waals surface area contributed by atoms with Gasteiger partial charge in [-0.2, -0.15) is 0 Å². The molecular formula is C25H29N3S. The van der Waals surface area contributed by atoms with E-state index in [-0.39, 0.29) is 0 Å². The highest BCUT2D eigenvalue weighted by Gasteiger charge is 2.12. The molecule has 4 heteroatoms. The van der Waals surface area contributed by atoms with Crippen LogP contribution in [0.25, 0.3) is 0 Å². The van der Waals surface area contributed by atoms with Crippen molar-refractivity contribution in [3.8, 4) is 0 Å². The van der Waals surface area contributed by atoms with Gasteiger partial charge < -0.3 is 10.2 Å². The largest absolute Gasteiger partial charge is 0.340 e. The predicted octanol–water partition coefficient (Wildman–Crippen LogP) is 6.13. The maximum absolute atomic E-state index is 5.78. The summed E-state index contributed by atoms with van der Waals surface area (Å²) < 4.78 is 0. The topological polar surface area (TPSA) is 28.2 Å². The SMILES string of the molecule is CCCCc1ccc(NC(=S)N(Cc2ccncc2)Cc2ccc(C)cc2)cc1. The monoisotopic (exact) mass is 403 g/mol. The van der Waals surface area contributed by atoms with Crippen molar-refractivity contribution in [2.45, 2.75) is 46.2 Å². The Bertz CT molecular complexity index is 890. The van der Waals surface area contributed by atoms with Gasteiger partial charge in [0.15, 0.2) is 5.11 Å². The second-order valence-electron chi connectivity index (χ2n) is 7.43. The number of nitrogens with zero attached hydrogens (tertiary/aromatic N) is 2. The van der Waals surface area contributed by atoms with Crippen molar-refractivity contribution in [3.05, 3.63) is 95.3 Å². The summed E-state index contributed by atoms with van der Waals surface area (Å²) in [6.07, 6.45) is 7.22. The number of thiocarbonyl (C=S) groups is 1. The Morgan fingerprint density at radius 2 is 1.45 bits per heavy atom. The molecule has 0 fully saturated rings. The maximum atomic E-state index is 5.78. The smallest absolute Gasteiger partial charge is 0.174 e. The first-order valence-electron chi connectivity index (χ1n) is 10.2. The van der Waals surface area contributed by atoms with E-state index in [1.807, 2.05) is 24.5 Å². The van der Waals surface area contributed by atoms with Crippen LogP contribution in [0.1, 0.15) is 42.0 Å². The van der Waals surface area contributed by atoms with Crippen LogP contribution in [-0.4, -0.2) is 15.0 Å². The van der Waals surface area contributed by atoms with E-state index in [1.54, 1.807) is 0 Å². The van der Waals surface area contributed by atoms with Gasteiger partial charge in [0.25, 0.3) is 0 Å². The molecular weight excluding hydrogens is 374 g/mol. The van der Waals surface area contributed by atoms with Crippen LogP contribution in [0.5, 0.6) is 0 Å². The van der Waals surface area contributed by atoms with Gasteiger partial charge in [0.2, 0.25) is 0 Å². The zero-order valence-corrected chi connectivity index (χ0v) is 18.1. The Morgan fingerprint density at radius 3 is 2.07 bits per heavy atom. The lowest BCUT2D eigenvalue weighted by molar-refractivity contribution is 0.412. The summed E-state index contributed by atoms with van der Waals surface area (Å²) in [5.41, 5.74) is 6.09. The first kappa shape index (κ1) is 21.0. The number of aryl methyl sites for hydroxylation is 2. The van der Waals surface area contributed by atoms with Gasteiger partial charge in [-0.25, -0.2) is 0 Å². The number of pyridine rings is 1. The Balaban J connectivity index is 1.71. The van der Waals surface area contributed by atoms with Crippen molar-refractivity contribution in [2.75, 3.05) is 5.32 Å². The lowest BCUT2D eigenvalue weighted by Crippen LogP contribution is -2.33. The highest BCUT2D eigenvalue weighted by Crippen LogP contribution is 2.16. The average Bonchev–Trinajstić information content (AvgIpc) is 2.75. The highest BCUT2D eigenvalue weighted by molar-refractivity contribution is 7.80. The van der Waals surface area contributed by atoms with Crippen LogP contribution >= 0.6 is 12.2 Å². The summed E-state index contributed by atoms with van der Waals surface area (Å²) in [7, 11) is 0. The van der Waals surface area contributed by atoms with Gasteiger partial charge in [-0.3, -0.25) is 4.98 Å². The van der Waals surface area contributed by atoms with E-state index in [2.05, 4.69) is 77.6 Å². The predicted molar refractivity (Wildman–Crippen MR) is 126 cm³/mol. The van der Waals surface area contributed by atoms with Crippen LogP contribution in [-0.2, 0) is 19.5 Å². The van der Waals surface area contributed by atoms with E-state index < -0.39 is 0 Å². The van der Waals surface area contributed by atoms with Crippen molar-refractivity contribution in [1.29, 1.82) is 0 Å². The quantitative estimate of drug-likeness (QED) is 0.458. The number of nitrogens with one attached hydrogen (secondary N) is 1. The third kappa shape index (κ3) is 6.68. The van der Waals surface area contributed by atoms with Gasteiger partial charge in [0.05, 0.1) is 0 Å². The number of benzene rings is 2. The number of aromatic nitrogens is 1. The molecule has 0 unspecified atom stereocenters. The Morgan fingerprint density at radius 1 is 0.862 bits per heavy atom. The maximum Gasteiger partial charge on any atom is 0.174 e. The number of hydrogen-bond donors (Lipinski definition) is 1. The van der Waals surface area contributed by atoms with E-state index in [1.165, 1.54) is 35.1 Å². The standard InChI is InChI=1S/C25H29N3S/c1-3-4-5-21-10-12-24(13-11-21)27-25(29)28(19-23-14-16-26-17-15-23)18-22-8-6-20(2)7-9-22/h6-17H,3-5,18-19H2,1-2H3,(H,27,29). The van der Waals surface area contributed by atoms with Crippen molar-refractivity contribution >= 4 is 23.0 Å². The molecule has 0 amide bonds. The van der Waals surface area contributed by atoms with Crippen molar-refractivity contribution in [3.63, 3.8) is 0 Å². The van der Waals surface area contributed by atoms with E-state index >= 15 is 0 Å². The van der Waals surface area contributed by atoms with Crippen LogP contribution in [0.2, 0.25) is 0 Å². The lowest BCUT2D eigenvalue weighted by atomic mass is 10.1. The zero-order chi connectivity index (χ0) is 20.5. The molecule has 0 aliphatic rings. The summed E-state index contributed by atoms with van der Waals surface area (Å²) in [6.45, 7) is 5.81. The minimum absolute atomic E-state index is 0.726. The molecule has 0 bridgehead atoms. The lowest BCUT2D eigenvalue weighted by Gasteiger charge is -2.26. The second-order valence-corrected chi connectivity index (χ2v) is 7.81. The van der Waals surface area contributed by atoms with Crippen LogP contribution in [0.3, 0.4) is 0 Å². The van der Waals surface area contributed by atoms with Gasteiger partial charge >= 0.3 is 0 Å². The van der Waals surface area contributed by atoms with Crippen molar-refractivity contribution in [2.24, 2.45) is 0 Å². The molecule has 0 saturated heterocycles. The van der Waals surface area contributed by atoms with Crippen LogP contribution in [0.4, 0.5) is 5.69 Å². The van der Waals surface area contributed by atoms with Crippen molar-refractivity contribution in [1.82, 2.24) is 9.88 Å². The fourth-order valence-corrected chi connectivity index (χ4v) is 3.41. The average molecular weight is 404 g/mol. The molecule has 0 atom stereocenters. The number of hydrogen-bond acceptors (Lipinski definition) is 2. The Labute approximate surface area is 179 Å². The second kappa shape index (κ2) is 10.7. The molecule has 1 N–H and O–H groups in total. The molecule has 150 valence electrons. The summed E-state index contributed by atoms with van der Waals surface area (Å²) in [4.78, 5) is 6.32. The number of anilines is 1. The molecule has 3 nitrogen and oxygen atoms in total. The van der Waals surface area contributed by atoms with Crippen LogP contribution < -0.4 is 5.32 Å². The van der Waals surface area contributed by atoms with Crippen LogP contribution in [0, 0.1) is 6.92 Å². The first-order chi connectivity index (χ1) is 14.1. The van der Waals surface area contributed by atoms with Crippen LogP contribution in [0.15, 0.2) is 73.1 Å². The fourth-order valence-electron chi connectivity index (χ4n) is 3.16. The van der Waals surface area contributed by atoms with E-state index in [0.29, 0.717) is 0 Å². The highest BCUT2D eigenvalue weighted by atomic mass is 32.1. The number of unbranched alkanes of at least 4 members (excludes halogenated alkanes) is 1. The van der Waals surface area contributed by atoms with Gasteiger partial charge in [-0.15, -0.1) is 0 Å². The minimum atomic E-state index is 0.726. The minimum Gasteiger partial charge on any atom is -0.340 e. The first-order valence-corrected chi connectivity index (χ1v) is 10.6. The normalized spacial score (nSPS) is 10.6.